The van der Waals surface area contributed by atoms with Gasteiger partial charge in [0.15, 0.2) is 0 Å². The number of aryl methyl sites for hydroxylation is 1. The van der Waals surface area contributed by atoms with Gasteiger partial charge in [0.1, 0.15) is 0 Å². The van der Waals surface area contributed by atoms with Crippen molar-refractivity contribution in [2.75, 3.05) is 13.1 Å². The van der Waals surface area contributed by atoms with Gasteiger partial charge in [-0.25, -0.2) is 0 Å². The SMILES string of the molecule is CCCC(=O)N1CCC(NC(=O)c2cccc(C)c2)CC1. The van der Waals surface area contributed by atoms with E-state index in [4.69, 9.17) is 0 Å². The first-order chi connectivity index (χ1) is 10.1. The first-order valence-corrected chi connectivity index (χ1v) is 7.75. The van der Waals surface area contributed by atoms with Crippen LogP contribution in [0.3, 0.4) is 0 Å². The number of carbonyl (C=O) groups is 2. The highest BCUT2D eigenvalue weighted by Crippen LogP contribution is 2.13. The molecule has 21 heavy (non-hydrogen) atoms. The van der Waals surface area contributed by atoms with E-state index in [2.05, 4.69) is 5.32 Å². The molecule has 1 fully saturated rings. The molecule has 0 radical (unpaired) electrons. The molecule has 4 heteroatoms. The van der Waals surface area contributed by atoms with Gasteiger partial charge in [0.2, 0.25) is 5.91 Å². The molecule has 0 spiro atoms. The molecule has 1 heterocycles. The molecule has 114 valence electrons. The molecule has 1 aromatic rings. The van der Waals surface area contributed by atoms with Crippen LogP contribution in [0.1, 0.15) is 48.5 Å². The predicted molar refractivity (Wildman–Crippen MR) is 83.2 cm³/mol. The Bertz CT molecular complexity index is 505. The molecule has 0 aromatic heterocycles. The molecule has 2 amide bonds. The van der Waals surface area contributed by atoms with Crippen LogP contribution in [-0.4, -0.2) is 35.8 Å². The standard InChI is InChI=1S/C17H24N2O2/c1-3-5-16(20)19-10-8-15(9-11-19)18-17(21)14-7-4-6-13(2)12-14/h4,6-7,12,15H,3,5,8-11H2,1-2H3,(H,18,21). The molecular weight excluding hydrogens is 264 g/mol. The quantitative estimate of drug-likeness (QED) is 0.925. The second-order valence-corrected chi connectivity index (χ2v) is 5.75. The molecule has 1 N–H and O–H groups in total. The normalized spacial score (nSPS) is 15.8. The summed E-state index contributed by atoms with van der Waals surface area (Å²) < 4.78 is 0. The number of carbonyl (C=O) groups excluding carboxylic acids is 2. The first-order valence-electron chi connectivity index (χ1n) is 7.75. The van der Waals surface area contributed by atoms with Gasteiger partial charge in [-0.1, -0.05) is 24.6 Å². The van der Waals surface area contributed by atoms with Crippen molar-refractivity contribution in [3.8, 4) is 0 Å². The Hall–Kier alpha value is -1.84. The molecule has 0 atom stereocenters. The smallest absolute Gasteiger partial charge is 0.251 e. The number of nitrogens with zero attached hydrogens (tertiary/aromatic N) is 1. The van der Waals surface area contributed by atoms with Gasteiger partial charge in [0, 0.05) is 31.1 Å². The van der Waals surface area contributed by atoms with Gasteiger partial charge in [0.25, 0.3) is 5.91 Å². The molecule has 4 nitrogen and oxygen atoms in total. The predicted octanol–water partition coefficient (Wildman–Crippen LogP) is 2.52. The fourth-order valence-electron chi connectivity index (χ4n) is 2.70. The van der Waals surface area contributed by atoms with E-state index in [-0.39, 0.29) is 17.9 Å². The third-order valence-electron chi connectivity index (χ3n) is 3.93. The Kier molecular flexibility index (Phi) is 5.37. The number of hydrogen-bond acceptors (Lipinski definition) is 2. The van der Waals surface area contributed by atoms with Crippen LogP contribution in [0, 0.1) is 6.92 Å². The van der Waals surface area contributed by atoms with Crippen molar-refractivity contribution in [3.05, 3.63) is 35.4 Å². The van der Waals surface area contributed by atoms with Crippen LogP contribution in [0.2, 0.25) is 0 Å². The molecule has 0 aliphatic carbocycles. The fourth-order valence-corrected chi connectivity index (χ4v) is 2.70. The minimum atomic E-state index is -0.0166. The van der Waals surface area contributed by atoms with Crippen molar-refractivity contribution >= 4 is 11.8 Å². The van der Waals surface area contributed by atoms with E-state index in [1.54, 1.807) is 0 Å². The Morgan fingerprint density at radius 3 is 2.62 bits per heavy atom. The molecule has 1 aliphatic rings. The average Bonchev–Trinajstić information content (AvgIpc) is 2.48. The minimum absolute atomic E-state index is 0.0166. The van der Waals surface area contributed by atoms with Gasteiger partial charge >= 0.3 is 0 Å². The lowest BCUT2D eigenvalue weighted by molar-refractivity contribution is -0.132. The number of likely N-dealkylation sites (tertiary alicyclic amines) is 1. The number of benzene rings is 1. The van der Waals surface area contributed by atoms with Gasteiger partial charge < -0.3 is 10.2 Å². The highest BCUT2D eigenvalue weighted by Gasteiger charge is 2.23. The van der Waals surface area contributed by atoms with E-state index in [9.17, 15) is 9.59 Å². The summed E-state index contributed by atoms with van der Waals surface area (Å²) in [5.74, 6) is 0.220. The van der Waals surface area contributed by atoms with Gasteiger partial charge in [-0.3, -0.25) is 9.59 Å². The van der Waals surface area contributed by atoms with Crippen LogP contribution in [0.5, 0.6) is 0 Å². The van der Waals surface area contributed by atoms with Crippen LogP contribution in [0.25, 0.3) is 0 Å². The van der Waals surface area contributed by atoms with Crippen molar-refractivity contribution in [2.24, 2.45) is 0 Å². The zero-order valence-electron chi connectivity index (χ0n) is 12.9. The summed E-state index contributed by atoms with van der Waals surface area (Å²) in [4.78, 5) is 25.9. The maximum absolute atomic E-state index is 12.2. The first kappa shape index (κ1) is 15.5. The Morgan fingerprint density at radius 1 is 1.29 bits per heavy atom. The van der Waals surface area contributed by atoms with Gasteiger partial charge in [0.05, 0.1) is 0 Å². The average molecular weight is 288 g/mol. The maximum atomic E-state index is 12.2. The maximum Gasteiger partial charge on any atom is 0.251 e. The highest BCUT2D eigenvalue weighted by atomic mass is 16.2. The summed E-state index contributed by atoms with van der Waals surface area (Å²) in [5.41, 5.74) is 1.79. The van der Waals surface area contributed by atoms with E-state index < -0.39 is 0 Å². The Morgan fingerprint density at radius 2 is 2.00 bits per heavy atom. The van der Waals surface area contributed by atoms with Crippen molar-refractivity contribution in [3.63, 3.8) is 0 Å². The number of rotatable bonds is 4. The summed E-state index contributed by atoms with van der Waals surface area (Å²) >= 11 is 0. The third-order valence-corrected chi connectivity index (χ3v) is 3.93. The minimum Gasteiger partial charge on any atom is -0.349 e. The Labute approximate surface area is 126 Å². The van der Waals surface area contributed by atoms with Crippen molar-refractivity contribution < 1.29 is 9.59 Å². The lowest BCUT2D eigenvalue weighted by atomic mass is 10.0. The van der Waals surface area contributed by atoms with E-state index in [0.717, 1.165) is 37.9 Å². The summed E-state index contributed by atoms with van der Waals surface area (Å²) in [6, 6.07) is 7.78. The third kappa shape index (κ3) is 4.31. The van der Waals surface area contributed by atoms with Gasteiger partial charge in [-0.05, 0) is 38.3 Å². The number of amides is 2. The molecule has 2 rings (SSSR count). The van der Waals surface area contributed by atoms with Crippen LogP contribution < -0.4 is 5.32 Å². The van der Waals surface area contributed by atoms with Crippen molar-refractivity contribution in [2.45, 2.75) is 45.6 Å². The van der Waals surface area contributed by atoms with Crippen LogP contribution in [0.4, 0.5) is 0 Å². The summed E-state index contributed by atoms with van der Waals surface area (Å²) in [5, 5.41) is 3.08. The monoisotopic (exact) mass is 288 g/mol. The summed E-state index contributed by atoms with van der Waals surface area (Å²) in [6.07, 6.45) is 3.20. The number of piperidine rings is 1. The second-order valence-electron chi connectivity index (χ2n) is 5.75. The number of hydrogen-bond donors (Lipinski definition) is 1. The largest absolute Gasteiger partial charge is 0.349 e. The topological polar surface area (TPSA) is 49.4 Å². The molecule has 0 unspecified atom stereocenters. The molecule has 0 saturated carbocycles. The van der Waals surface area contributed by atoms with E-state index in [1.807, 2.05) is 43.0 Å². The second kappa shape index (κ2) is 7.25. The molecular formula is C17H24N2O2. The van der Waals surface area contributed by atoms with E-state index in [1.165, 1.54) is 0 Å². The van der Waals surface area contributed by atoms with Crippen molar-refractivity contribution in [1.82, 2.24) is 10.2 Å². The lowest BCUT2D eigenvalue weighted by Gasteiger charge is -2.32. The molecule has 1 saturated heterocycles. The van der Waals surface area contributed by atoms with Gasteiger partial charge in [-0.2, -0.15) is 0 Å². The summed E-state index contributed by atoms with van der Waals surface area (Å²) in [7, 11) is 0. The number of nitrogens with one attached hydrogen (secondary N) is 1. The van der Waals surface area contributed by atoms with E-state index in [0.29, 0.717) is 12.0 Å². The molecule has 1 aromatic carbocycles. The highest BCUT2D eigenvalue weighted by molar-refractivity contribution is 5.94. The molecule has 0 bridgehead atoms. The van der Waals surface area contributed by atoms with Crippen LogP contribution in [-0.2, 0) is 4.79 Å². The zero-order chi connectivity index (χ0) is 15.2. The fraction of sp³-hybridized carbons (Fsp3) is 0.529. The van der Waals surface area contributed by atoms with Crippen LogP contribution >= 0.6 is 0 Å². The van der Waals surface area contributed by atoms with Gasteiger partial charge in [-0.15, -0.1) is 0 Å². The van der Waals surface area contributed by atoms with Crippen molar-refractivity contribution in [1.29, 1.82) is 0 Å². The van der Waals surface area contributed by atoms with Crippen LogP contribution in [0.15, 0.2) is 24.3 Å². The Balaban J connectivity index is 1.83. The zero-order valence-corrected chi connectivity index (χ0v) is 12.9. The lowest BCUT2D eigenvalue weighted by Crippen LogP contribution is -2.46. The molecule has 1 aliphatic heterocycles. The summed E-state index contributed by atoms with van der Waals surface area (Å²) in [6.45, 7) is 5.50. The van der Waals surface area contributed by atoms with E-state index >= 15 is 0 Å².